The Hall–Kier alpha value is -1.69. The fraction of sp³-hybridized carbons (Fsp3) is 0.615. The van der Waals surface area contributed by atoms with Gasteiger partial charge in [-0.05, 0) is 26.7 Å². The molecule has 1 aliphatic rings. The van der Waals surface area contributed by atoms with E-state index in [0.29, 0.717) is 30.4 Å². The molecule has 1 fully saturated rings. The second-order valence-corrected chi connectivity index (χ2v) is 4.43. The number of esters is 1. The van der Waals surface area contributed by atoms with E-state index in [1.807, 2.05) is 0 Å². The van der Waals surface area contributed by atoms with E-state index in [0.717, 1.165) is 19.4 Å². The van der Waals surface area contributed by atoms with Crippen LogP contribution in [0.1, 0.15) is 35.8 Å². The maximum atomic E-state index is 11.6. The van der Waals surface area contributed by atoms with Gasteiger partial charge in [-0.15, -0.1) is 0 Å². The molecule has 19 heavy (non-hydrogen) atoms. The topological polar surface area (TPSA) is 73.3 Å². The Labute approximate surface area is 112 Å². The zero-order chi connectivity index (χ0) is 13.7. The van der Waals surface area contributed by atoms with E-state index >= 15 is 0 Å². The second kappa shape index (κ2) is 6.47. The SMILES string of the molecule is CCOC(=O)c1cnc(NCC2CCCO2)nc1C. The number of nitrogens with zero attached hydrogens (tertiary/aromatic N) is 2. The highest BCUT2D eigenvalue weighted by Gasteiger charge is 2.16. The Balaban J connectivity index is 1.95. The van der Waals surface area contributed by atoms with Gasteiger partial charge in [-0.2, -0.15) is 0 Å². The zero-order valence-corrected chi connectivity index (χ0v) is 11.3. The summed E-state index contributed by atoms with van der Waals surface area (Å²) in [6.07, 6.45) is 3.90. The molecule has 1 aromatic heterocycles. The van der Waals surface area contributed by atoms with Crippen molar-refractivity contribution in [3.8, 4) is 0 Å². The molecule has 2 heterocycles. The lowest BCUT2D eigenvalue weighted by Crippen LogP contribution is -2.20. The molecule has 6 nitrogen and oxygen atoms in total. The lowest BCUT2D eigenvalue weighted by atomic mass is 10.2. The van der Waals surface area contributed by atoms with Crippen LogP contribution < -0.4 is 5.32 Å². The van der Waals surface area contributed by atoms with Gasteiger partial charge in [-0.3, -0.25) is 0 Å². The zero-order valence-electron chi connectivity index (χ0n) is 11.3. The summed E-state index contributed by atoms with van der Waals surface area (Å²) in [4.78, 5) is 20.0. The first-order valence-corrected chi connectivity index (χ1v) is 6.57. The van der Waals surface area contributed by atoms with E-state index in [1.165, 1.54) is 6.20 Å². The monoisotopic (exact) mass is 265 g/mol. The molecule has 0 saturated carbocycles. The molecule has 0 aromatic carbocycles. The standard InChI is InChI=1S/C13H19N3O3/c1-3-18-12(17)11-8-15-13(16-9(11)2)14-7-10-5-4-6-19-10/h8,10H,3-7H2,1-2H3,(H,14,15,16). The number of anilines is 1. The normalized spacial score (nSPS) is 18.3. The third-order valence-electron chi connectivity index (χ3n) is 2.99. The van der Waals surface area contributed by atoms with Gasteiger partial charge in [0.1, 0.15) is 0 Å². The molecule has 0 spiro atoms. The van der Waals surface area contributed by atoms with E-state index in [1.54, 1.807) is 13.8 Å². The van der Waals surface area contributed by atoms with Crippen LogP contribution in [0.5, 0.6) is 0 Å². The molecule has 6 heteroatoms. The fourth-order valence-corrected chi connectivity index (χ4v) is 1.97. The lowest BCUT2D eigenvalue weighted by Gasteiger charge is -2.11. The van der Waals surface area contributed by atoms with Crippen molar-refractivity contribution in [3.63, 3.8) is 0 Å². The quantitative estimate of drug-likeness (QED) is 0.814. The minimum atomic E-state index is -0.384. The van der Waals surface area contributed by atoms with Gasteiger partial charge in [0.25, 0.3) is 0 Å². The molecule has 1 unspecified atom stereocenters. The minimum Gasteiger partial charge on any atom is -0.462 e. The molecule has 1 N–H and O–H groups in total. The van der Waals surface area contributed by atoms with Crippen molar-refractivity contribution < 1.29 is 14.3 Å². The maximum absolute atomic E-state index is 11.6. The van der Waals surface area contributed by atoms with Gasteiger partial charge in [0.15, 0.2) is 0 Å². The predicted octanol–water partition coefficient (Wildman–Crippen LogP) is 1.55. The van der Waals surface area contributed by atoms with Gasteiger partial charge in [0.2, 0.25) is 5.95 Å². The molecular weight excluding hydrogens is 246 g/mol. The molecule has 0 amide bonds. The van der Waals surface area contributed by atoms with Gasteiger partial charge in [0.05, 0.1) is 24.0 Å². The Kier molecular flexibility index (Phi) is 4.68. The van der Waals surface area contributed by atoms with Crippen LogP contribution in [0.25, 0.3) is 0 Å². The van der Waals surface area contributed by atoms with E-state index in [4.69, 9.17) is 9.47 Å². The first-order chi connectivity index (χ1) is 9.20. The van der Waals surface area contributed by atoms with Crippen LogP contribution in [-0.4, -0.2) is 41.8 Å². The van der Waals surface area contributed by atoms with Crippen molar-refractivity contribution in [1.82, 2.24) is 9.97 Å². The summed E-state index contributed by atoms with van der Waals surface area (Å²) >= 11 is 0. The van der Waals surface area contributed by atoms with E-state index in [-0.39, 0.29) is 12.1 Å². The van der Waals surface area contributed by atoms with E-state index in [2.05, 4.69) is 15.3 Å². The molecular formula is C13H19N3O3. The van der Waals surface area contributed by atoms with Gasteiger partial charge in [0, 0.05) is 19.3 Å². The van der Waals surface area contributed by atoms with Gasteiger partial charge >= 0.3 is 5.97 Å². The molecule has 1 aliphatic heterocycles. The van der Waals surface area contributed by atoms with Gasteiger partial charge in [-0.25, -0.2) is 14.8 Å². The molecule has 2 rings (SSSR count). The first kappa shape index (κ1) is 13.7. The number of hydrogen-bond acceptors (Lipinski definition) is 6. The Morgan fingerprint density at radius 1 is 1.63 bits per heavy atom. The number of carbonyl (C=O) groups excluding carboxylic acids is 1. The van der Waals surface area contributed by atoms with Crippen molar-refractivity contribution in [3.05, 3.63) is 17.5 Å². The fourth-order valence-electron chi connectivity index (χ4n) is 1.97. The van der Waals surface area contributed by atoms with E-state index < -0.39 is 0 Å². The smallest absolute Gasteiger partial charge is 0.341 e. The van der Waals surface area contributed by atoms with Gasteiger partial charge < -0.3 is 14.8 Å². The highest BCUT2D eigenvalue weighted by molar-refractivity contribution is 5.90. The van der Waals surface area contributed by atoms with Crippen LogP contribution in [0.4, 0.5) is 5.95 Å². The summed E-state index contributed by atoms with van der Waals surface area (Å²) in [6, 6.07) is 0. The van der Waals surface area contributed by atoms with Crippen molar-refractivity contribution in [2.24, 2.45) is 0 Å². The van der Waals surface area contributed by atoms with Crippen LogP contribution in [-0.2, 0) is 9.47 Å². The molecule has 0 bridgehead atoms. The number of carbonyl (C=O) groups is 1. The number of nitrogens with one attached hydrogen (secondary N) is 1. The van der Waals surface area contributed by atoms with Gasteiger partial charge in [-0.1, -0.05) is 0 Å². The largest absolute Gasteiger partial charge is 0.462 e. The average molecular weight is 265 g/mol. The van der Waals surface area contributed by atoms with Crippen molar-refractivity contribution >= 4 is 11.9 Å². The number of hydrogen-bond donors (Lipinski definition) is 1. The van der Waals surface area contributed by atoms with Crippen LogP contribution in [0.3, 0.4) is 0 Å². The van der Waals surface area contributed by atoms with Crippen LogP contribution in [0, 0.1) is 6.92 Å². The summed E-state index contributed by atoms with van der Waals surface area (Å²) in [6.45, 7) is 5.40. The third-order valence-corrected chi connectivity index (χ3v) is 2.99. The maximum Gasteiger partial charge on any atom is 0.341 e. The van der Waals surface area contributed by atoms with Crippen LogP contribution in [0.15, 0.2) is 6.20 Å². The first-order valence-electron chi connectivity index (χ1n) is 6.57. The molecule has 0 aliphatic carbocycles. The summed E-state index contributed by atoms with van der Waals surface area (Å²) in [5.41, 5.74) is 1.02. The predicted molar refractivity (Wildman–Crippen MR) is 70.2 cm³/mol. The number of aryl methyl sites for hydroxylation is 1. The molecule has 1 saturated heterocycles. The number of rotatable bonds is 5. The third kappa shape index (κ3) is 3.64. The van der Waals surface area contributed by atoms with Crippen LogP contribution >= 0.6 is 0 Å². The highest BCUT2D eigenvalue weighted by atomic mass is 16.5. The molecule has 0 radical (unpaired) electrons. The Bertz CT molecular complexity index is 445. The van der Waals surface area contributed by atoms with Crippen LogP contribution in [0.2, 0.25) is 0 Å². The minimum absolute atomic E-state index is 0.230. The second-order valence-electron chi connectivity index (χ2n) is 4.43. The highest BCUT2D eigenvalue weighted by Crippen LogP contribution is 2.13. The molecule has 1 atom stereocenters. The summed E-state index contributed by atoms with van der Waals surface area (Å²) in [5, 5.41) is 3.13. The van der Waals surface area contributed by atoms with E-state index in [9.17, 15) is 4.79 Å². The number of aromatic nitrogens is 2. The Morgan fingerprint density at radius 2 is 2.47 bits per heavy atom. The van der Waals surface area contributed by atoms with Crippen molar-refractivity contribution in [2.45, 2.75) is 32.8 Å². The summed E-state index contributed by atoms with van der Waals surface area (Å²) < 4.78 is 10.4. The van der Waals surface area contributed by atoms with Crippen molar-refractivity contribution in [1.29, 1.82) is 0 Å². The lowest BCUT2D eigenvalue weighted by molar-refractivity contribution is 0.0524. The summed E-state index contributed by atoms with van der Waals surface area (Å²) in [7, 11) is 0. The number of ether oxygens (including phenoxy) is 2. The molecule has 104 valence electrons. The molecule has 1 aromatic rings. The van der Waals surface area contributed by atoms with Crippen molar-refractivity contribution in [2.75, 3.05) is 25.1 Å². The Morgan fingerprint density at radius 3 is 3.11 bits per heavy atom. The average Bonchev–Trinajstić information content (AvgIpc) is 2.89. The summed E-state index contributed by atoms with van der Waals surface area (Å²) in [5.74, 6) is 0.131.